The van der Waals surface area contributed by atoms with E-state index in [-0.39, 0.29) is 12.4 Å². The van der Waals surface area contributed by atoms with Crippen molar-refractivity contribution in [2.24, 2.45) is 0 Å². The van der Waals surface area contributed by atoms with Gasteiger partial charge in [-0.1, -0.05) is 44.9 Å². The van der Waals surface area contributed by atoms with Crippen molar-refractivity contribution in [1.29, 1.82) is 0 Å². The predicted octanol–water partition coefficient (Wildman–Crippen LogP) is 5.32. The number of hydrogen-bond acceptors (Lipinski definition) is 2. The summed E-state index contributed by atoms with van der Waals surface area (Å²) >= 11 is 0. The maximum absolute atomic E-state index is 12.7. The van der Waals surface area contributed by atoms with Crippen molar-refractivity contribution >= 4 is 9.84 Å². The van der Waals surface area contributed by atoms with E-state index in [1.54, 1.807) is 0 Å². The van der Waals surface area contributed by atoms with Crippen LogP contribution in [0.1, 0.15) is 70.6 Å². The highest BCUT2D eigenvalue weighted by molar-refractivity contribution is 7.91. The minimum absolute atomic E-state index is 0.0394. The summed E-state index contributed by atoms with van der Waals surface area (Å²) < 4.78 is 84.6. The van der Waals surface area contributed by atoms with E-state index in [0.29, 0.717) is 19.3 Å². The van der Waals surface area contributed by atoms with Crippen LogP contribution in [-0.4, -0.2) is 38.6 Å². The van der Waals surface area contributed by atoms with E-state index in [9.17, 15) is 35.5 Å². The molecule has 0 aromatic heterocycles. The van der Waals surface area contributed by atoms with E-state index in [2.05, 4.69) is 0 Å². The fraction of sp³-hybridized carbons (Fsp3) is 1.00. The first-order valence-electron chi connectivity index (χ1n) is 8.75. The van der Waals surface area contributed by atoms with Gasteiger partial charge in [-0.3, -0.25) is 0 Å². The van der Waals surface area contributed by atoms with Gasteiger partial charge in [0.1, 0.15) is 9.84 Å². The molecule has 0 N–H and O–H groups in total. The van der Waals surface area contributed by atoms with Crippen molar-refractivity contribution in [3.05, 3.63) is 0 Å². The van der Waals surface area contributed by atoms with Crippen LogP contribution < -0.4 is 0 Å². The van der Waals surface area contributed by atoms with E-state index in [4.69, 9.17) is 0 Å². The Morgan fingerprint density at radius 2 is 1.00 bits per heavy atom. The standard InChI is InChI=1S/C16H28F5O3S/c17-15(18,16(19,20)21)11-10-14-25(23,24)13-9-7-5-3-1-2-4-6-8-12-22/h1-14H2. The molecule has 0 aromatic rings. The van der Waals surface area contributed by atoms with Gasteiger partial charge >= 0.3 is 12.1 Å². The van der Waals surface area contributed by atoms with E-state index < -0.39 is 40.5 Å². The molecule has 3 nitrogen and oxygen atoms in total. The maximum Gasteiger partial charge on any atom is 0.453 e. The van der Waals surface area contributed by atoms with Crippen LogP contribution in [0.5, 0.6) is 0 Å². The van der Waals surface area contributed by atoms with Crippen molar-refractivity contribution in [2.45, 2.75) is 82.7 Å². The summed E-state index contributed by atoms with van der Waals surface area (Å²) in [5, 5.41) is 10.2. The molecule has 0 aliphatic heterocycles. The normalized spacial score (nSPS) is 13.4. The minimum atomic E-state index is -5.63. The molecule has 0 fully saturated rings. The molecule has 0 aliphatic rings. The highest BCUT2D eigenvalue weighted by atomic mass is 32.2. The molecule has 0 aliphatic carbocycles. The summed E-state index contributed by atoms with van der Waals surface area (Å²) in [4.78, 5) is 0. The number of unbranched alkanes of at least 4 members (excludes halogenated alkanes) is 8. The third-order valence-electron chi connectivity index (χ3n) is 3.96. The van der Waals surface area contributed by atoms with E-state index in [1.807, 2.05) is 0 Å². The molecule has 0 aromatic carbocycles. The van der Waals surface area contributed by atoms with Crippen LogP contribution in [0.25, 0.3) is 0 Å². The zero-order valence-electron chi connectivity index (χ0n) is 14.4. The number of hydrogen-bond donors (Lipinski definition) is 0. The summed E-state index contributed by atoms with van der Waals surface area (Å²) in [7, 11) is -3.59. The molecule has 151 valence electrons. The van der Waals surface area contributed by atoms with Gasteiger partial charge in [0.05, 0.1) is 18.1 Å². The van der Waals surface area contributed by atoms with Gasteiger partial charge < -0.3 is 0 Å². The molecule has 0 unspecified atom stereocenters. The third-order valence-corrected chi connectivity index (χ3v) is 5.78. The molecule has 0 heterocycles. The van der Waals surface area contributed by atoms with Crippen LogP contribution >= 0.6 is 0 Å². The van der Waals surface area contributed by atoms with Crippen LogP contribution in [0.2, 0.25) is 0 Å². The van der Waals surface area contributed by atoms with Crippen molar-refractivity contribution in [3.63, 3.8) is 0 Å². The number of halogens is 5. The van der Waals surface area contributed by atoms with E-state index >= 15 is 0 Å². The second-order valence-electron chi connectivity index (χ2n) is 6.34. The molecule has 0 bridgehead atoms. The smallest absolute Gasteiger partial charge is 0.237 e. The van der Waals surface area contributed by atoms with Crippen molar-refractivity contribution < 1.29 is 35.5 Å². The molecular weight excluding hydrogens is 367 g/mol. The Morgan fingerprint density at radius 3 is 1.44 bits per heavy atom. The second kappa shape index (κ2) is 12.0. The number of rotatable bonds is 15. The number of sulfone groups is 1. The lowest BCUT2D eigenvalue weighted by Crippen LogP contribution is -2.36. The van der Waals surface area contributed by atoms with Crippen LogP contribution in [0.15, 0.2) is 0 Å². The highest BCUT2D eigenvalue weighted by Crippen LogP contribution is 2.38. The summed E-state index contributed by atoms with van der Waals surface area (Å²) in [6, 6.07) is 0. The van der Waals surface area contributed by atoms with Crippen molar-refractivity contribution in [3.8, 4) is 0 Å². The van der Waals surface area contributed by atoms with E-state index in [1.165, 1.54) is 0 Å². The first kappa shape index (κ1) is 24.6. The van der Waals surface area contributed by atoms with Crippen molar-refractivity contribution in [1.82, 2.24) is 0 Å². The van der Waals surface area contributed by atoms with Gasteiger partial charge in [-0.25, -0.2) is 13.5 Å². The zero-order valence-corrected chi connectivity index (χ0v) is 15.2. The molecule has 0 rings (SSSR count). The third kappa shape index (κ3) is 12.5. The lowest BCUT2D eigenvalue weighted by Gasteiger charge is -2.19. The fourth-order valence-electron chi connectivity index (χ4n) is 2.42. The lowest BCUT2D eigenvalue weighted by molar-refractivity contribution is -0.284. The monoisotopic (exact) mass is 395 g/mol. The van der Waals surface area contributed by atoms with Gasteiger partial charge in [0.2, 0.25) is 0 Å². The predicted molar refractivity (Wildman–Crippen MR) is 86.0 cm³/mol. The Balaban J connectivity index is 3.72. The second-order valence-corrected chi connectivity index (χ2v) is 8.65. The van der Waals surface area contributed by atoms with Crippen molar-refractivity contribution in [2.75, 3.05) is 18.1 Å². The topological polar surface area (TPSA) is 54.0 Å². The van der Waals surface area contributed by atoms with Gasteiger partial charge in [-0.2, -0.15) is 22.0 Å². The van der Waals surface area contributed by atoms with Gasteiger partial charge in [-0.05, 0) is 19.3 Å². The van der Waals surface area contributed by atoms with Gasteiger partial charge in [0.25, 0.3) is 0 Å². The zero-order chi connectivity index (χ0) is 19.4. The molecule has 0 saturated carbocycles. The Hall–Kier alpha value is -0.440. The average Bonchev–Trinajstić information content (AvgIpc) is 2.47. The van der Waals surface area contributed by atoms with E-state index in [0.717, 1.165) is 38.5 Å². The average molecular weight is 395 g/mol. The molecule has 0 atom stereocenters. The maximum atomic E-state index is 12.7. The lowest BCUT2D eigenvalue weighted by atomic mass is 10.1. The summed E-state index contributed by atoms with van der Waals surface area (Å²) in [6.07, 6.45) is -0.165. The fourth-order valence-corrected chi connectivity index (χ4v) is 3.85. The van der Waals surface area contributed by atoms with Crippen LogP contribution in [0.3, 0.4) is 0 Å². The van der Waals surface area contributed by atoms with Crippen LogP contribution in [0, 0.1) is 0 Å². The first-order valence-corrected chi connectivity index (χ1v) is 10.6. The number of alkyl halides is 5. The summed E-state index contributed by atoms with van der Waals surface area (Å²) in [5.41, 5.74) is 0. The Labute approximate surface area is 146 Å². The molecule has 0 spiro atoms. The first-order chi connectivity index (χ1) is 11.5. The quantitative estimate of drug-likeness (QED) is 0.278. The highest BCUT2D eigenvalue weighted by Gasteiger charge is 2.56. The summed E-state index contributed by atoms with van der Waals surface area (Å²) in [5.74, 6) is -5.65. The van der Waals surface area contributed by atoms with Crippen LogP contribution in [0.4, 0.5) is 22.0 Å². The Morgan fingerprint density at radius 1 is 0.600 bits per heavy atom. The van der Waals surface area contributed by atoms with Gasteiger partial charge in [-0.15, -0.1) is 0 Å². The molecule has 1 radical (unpaired) electrons. The largest absolute Gasteiger partial charge is 0.453 e. The molecule has 0 amide bonds. The summed E-state index contributed by atoms with van der Waals surface area (Å²) in [6.45, 7) is -0.0394. The molecular formula is C16H28F5O3S. The minimum Gasteiger partial charge on any atom is -0.237 e. The Bertz CT molecular complexity index is 436. The SMILES string of the molecule is [O]CCCCCCCCCCCS(=O)(=O)CCCC(F)(F)C(F)(F)F. The molecule has 0 saturated heterocycles. The molecule has 9 heteroatoms. The van der Waals surface area contributed by atoms with Gasteiger partial charge in [0, 0.05) is 6.42 Å². The van der Waals surface area contributed by atoms with Crippen LogP contribution in [-0.2, 0) is 14.9 Å². The Kier molecular flexibility index (Phi) is 11.8. The van der Waals surface area contributed by atoms with Gasteiger partial charge in [0.15, 0.2) is 0 Å². The molecule has 25 heavy (non-hydrogen) atoms.